The van der Waals surface area contributed by atoms with E-state index in [-0.39, 0.29) is 5.82 Å². The lowest BCUT2D eigenvalue weighted by molar-refractivity contribution is 0.589. The number of nitrogens with zero attached hydrogens (tertiary/aromatic N) is 4. The second-order valence-corrected chi connectivity index (χ2v) is 8.04. The van der Waals surface area contributed by atoms with E-state index >= 15 is 0 Å². The van der Waals surface area contributed by atoms with Crippen LogP contribution in [-0.4, -0.2) is 41.1 Å². The summed E-state index contributed by atoms with van der Waals surface area (Å²) in [5.74, 6) is 0.278. The second kappa shape index (κ2) is 9.34. The van der Waals surface area contributed by atoms with Gasteiger partial charge >= 0.3 is 0 Å². The van der Waals surface area contributed by atoms with Crippen LogP contribution in [0.1, 0.15) is 5.56 Å². The van der Waals surface area contributed by atoms with Crippen molar-refractivity contribution in [2.75, 3.05) is 36.4 Å². The van der Waals surface area contributed by atoms with E-state index in [4.69, 9.17) is 4.98 Å². The van der Waals surface area contributed by atoms with E-state index in [0.29, 0.717) is 11.5 Å². The van der Waals surface area contributed by atoms with Crippen molar-refractivity contribution in [3.63, 3.8) is 0 Å². The van der Waals surface area contributed by atoms with Crippen molar-refractivity contribution in [3.8, 4) is 22.5 Å². The van der Waals surface area contributed by atoms with Crippen LogP contribution in [0.3, 0.4) is 0 Å². The zero-order valence-electron chi connectivity index (χ0n) is 18.4. The maximum Gasteiger partial charge on any atom is 0.227 e. The molecule has 1 fully saturated rings. The van der Waals surface area contributed by atoms with E-state index in [9.17, 15) is 4.39 Å². The number of piperazine rings is 1. The minimum atomic E-state index is -0.229. The number of aromatic nitrogens is 3. The number of pyridine rings is 1. The molecule has 7 heteroatoms. The molecule has 1 aliphatic rings. The van der Waals surface area contributed by atoms with Crippen molar-refractivity contribution in [2.24, 2.45) is 0 Å². The average molecular weight is 441 g/mol. The van der Waals surface area contributed by atoms with Crippen molar-refractivity contribution >= 4 is 17.3 Å². The molecular formula is C26H25FN6. The van der Waals surface area contributed by atoms with Gasteiger partial charge in [-0.1, -0.05) is 0 Å². The molecule has 0 unspecified atom stereocenters. The summed E-state index contributed by atoms with van der Waals surface area (Å²) in [4.78, 5) is 16.0. The summed E-state index contributed by atoms with van der Waals surface area (Å²) >= 11 is 0. The second-order valence-electron chi connectivity index (χ2n) is 8.04. The highest BCUT2D eigenvalue weighted by atomic mass is 19.1. The number of aryl methyl sites for hydroxylation is 1. The molecule has 33 heavy (non-hydrogen) atoms. The van der Waals surface area contributed by atoms with Gasteiger partial charge in [0.2, 0.25) is 5.95 Å². The normalized spacial score (nSPS) is 13.7. The molecule has 0 amide bonds. The molecule has 3 heterocycles. The lowest BCUT2D eigenvalue weighted by Gasteiger charge is -2.29. The van der Waals surface area contributed by atoms with Crippen LogP contribution < -0.4 is 15.5 Å². The molecule has 0 radical (unpaired) electrons. The van der Waals surface area contributed by atoms with Crippen molar-refractivity contribution in [1.29, 1.82) is 0 Å². The SMILES string of the molecule is Cc1cc(-c2ncccc2-c2ccnc(Nc3ccc(N4CCNCC4)cc3)n2)ccc1F. The van der Waals surface area contributed by atoms with Gasteiger partial charge in [-0.3, -0.25) is 4.98 Å². The topological polar surface area (TPSA) is 66.0 Å². The summed E-state index contributed by atoms with van der Waals surface area (Å²) in [7, 11) is 0. The van der Waals surface area contributed by atoms with Gasteiger partial charge < -0.3 is 15.5 Å². The first-order valence-electron chi connectivity index (χ1n) is 11.0. The van der Waals surface area contributed by atoms with Gasteiger partial charge in [0.25, 0.3) is 0 Å². The Morgan fingerprint density at radius 1 is 0.939 bits per heavy atom. The Balaban J connectivity index is 1.39. The number of hydrogen-bond acceptors (Lipinski definition) is 6. The van der Waals surface area contributed by atoms with Crippen LogP contribution in [0.2, 0.25) is 0 Å². The van der Waals surface area contributed by atoms with E-state index in [1.165, 1.54) is 11.8 Å². The molecule has 2 aromatic carbocycles. The smallest absolute Gasteiger partial charge is 0.227 e. The summed E-state index contributed by atoms with van der Waals surface area (Å²) in [5.41, 5.74) is 5.93. The molecular weight excluding hydrogens is 415 g/mol. The van der Waals surface area contributed by atoms with E-state index in [0.717, 1.165) is 54.4 Å². The lowest BCUT2D eigenvalue weighted by Crippen LogP contribution is -2.43. The van der Waals surface area contributed by atoms with Gasteiger partial charge in [0, 0.05) is 61.1 Å². The molecule has 0 saturated carbocycles. The summed E-state index contributed by atoms with van der Waals surface area (Å²) in [6.45, 7) is 5.79. The number of benzene rings is 2. The maximum atomic E-state index is 13.8. The largest absolute Gasteiger partial charge is 0.369 e. The molecule has 4 aromatic rings. The number of hydrogen-bond donors (Lipinski definition) is 2. The molecule has 6 nitrogen and oxygen atoms in total. The Hall–Kier alpha value is -3.84. The Kier molecular flexibility index (Phi) is 5.95. The van der Waals surface area contributed by atoms with Gasteiger partial charge in [-0.05, 0) is 73.2 Å². The summed E-state index contributed by atoms with van der Waals surface area (Å²) in [5, 5.41) is 6.67. The Morgan fingerprint density at radius 3 is 2.55 bits per heavy atom. The summed E-state index contributed by atoms with van der Waals surface area (Å²) < 4.78 is 13.8. The van der Waals surface area contributed by atoms with E-state index in [1.807, 2.05) is 36.4 Å². The van der Waals surface area contributed by atoms with Crippen LogP contribution in [0, 0.1) is 12.7 Å². The standard InChI is InChI=1S/C26H25FN6/c1-18-17-19(4-9-23(18)27)25-22(3-2-11-29-25)24-10-12-30-26(32-24)31-20-5-7-21(8-6-20)33-15-13-28-14-16-33/h2-12,17,28H,13-16H2,1H3,(H,30,31,32). The maximum absolute atomic E-state index is 13.8. The highest BCUT2D eigenvalue weighted by Gasteiger charge is 2.13. The average Bonchev–Trinajstić information content (AvgIpc) is 2.87. The third-order valence-corrected chi connectivity index (χ3v) is 5.78. The highest BCUT2D eigenvalue weighted by molar-refractivity contribution is 5.79. The first kappa shape index (κ1) is 21.0. The Bertz CT molecular complexity index is 1250. The van der Waals surface area contributed by atoms with E-state index < -0.39 is 0 Å². The van der Waals surface area contributed by atoms with Crippen LogP contribution in [0.15, 0.2) is 73.1 Å². The zero-order valence-corrected chi connectivity index (χ0v) is 18.4. The quantitative estimate of drug-likeness (QED) is 0.465. The molecule has 2 N–H and O–H groups in total. The predicted octanol–water partition coefficient (Wildman–Crippen LogP) is 4.81. The Labute approximate surface area is 192 Å². The van der Waals surface area contributed by atoms with Gasteiger partial charge in [-0.2, -0.15) is 0 Å². The number of anilines is 3. The van der Waals surface area contributed by atoms with Crippen LogP contribution >= 0.6 is 0 Å². The number of rotatable bonds is 5. The minimum Gasteiger partial charge on any atom is -0.369 e. The number of halogens is 1. The molecule has 0 aliphatic carbocycles. The fourth-order valence-electron chi connectivity index (χ4n) is 4.01. The minimum absolute atomic E-state index is 0.229. The Morgan fingerprint density at radius 2 is 1.76 bits per heavy atom. The lowest BCUT2D eigenvalue weighted by atomic mass is 10.0. The first-order valence-corrected chi connectivity index (χ1v) is 11.0. The molecule has 5 rings (SSSR count). The van der Waals surface area contributed by atoms with Crippen LogP contribution in [0.25, 0.3) is 22.5 Å². The zero-order chi connectivity index (χ0) is 22.6. The monoisotopic (exact) mass is 440 g/mol. The van der Waals surface area contributed by atoms with Crippen molar-refractivity contribution in [1.82, 2.24) is 20.3 Å². The van der Waals surface area contributed by atoms with E-state index in [1.54, 1.807) is 25.4 Å². The summed E-state index contributed by atoms with van der Waals surface area (Å²) in [6.07, 6.45) is 3.46. The third kappa shape index (κ3) is 4.68. The number of nitrogens with one attached hydrogen (secondary N) is 2. The van der Waals surface area contributed by atoms with Crippen molar-refractivity contribution in [3.05, 3.63) is 84.4 Å². The van der Waals surface area contributed by atoms with Crippen LogP contribution in [0.4, 0.5) is 21.7 Å². The third-order valence-electron chi connectivity index (χ3n) is 5.78. The van der Waals surface area contributed by atoms with Gasteiger partial charge in [0.05, 0.1) is 11.4 Å². The fraction of sp³-hybridized carbons (Fsp3) is 0.192. The molecule has 0 spiro atoms. The van der Waals surface area contributed by atoms with Gasteiger partial charge in [-0.25, -0.2) is 14.4 Å². The molecule has 166 valence electrons. The van der Waals surface area contributed by atoms with Crippen LogP contribution in [0.5, 0.6) is 0 Å². The van der Waals surface area contributed by atoms with Gasteiger partial charge in [0.15, 0.2) is 0 Å². The van der Waals surface area contributed by atoms with Crippen molar-refractivity contribution in [2.45, 2.75) is 6.92 Å². The molecule has 0 bridgehead atoms. The first-order chi connectivity index (χ1) is 16.2. The molecule has 1 aliphatic heterocycles. The van der Waals surface area contributed by atoms with Crippen molar-refractivity contribution < 1.29 is 4.39 Å². The van der Waals surface area contributed by atoms with Crippen LogP contribution in [-0.2, 0) is 0 Å². The molecule has 2 aromatic heterocycles. The predicted molar refractivity (Wildman–Crippen MR) is 130 cm³/mol. The summed E-state index contributed by atoms with van der Waals surface area (Å²) in [6, 6.07) is 19.1. The van der Waals surface area contributed by atoms with Gasteiger partial charge in [-0.15, -0.1) is 0 Å². The van der Waals surface area contributed by atoms with Gasteiger partial charge in [0.1, 0.15) is 5.82 Å². The fourth-order valence-corrected chi connectivity index (χ4v) is 4.01. The van der Waals surface area contributed by atoms with E-state index in [2.05, 4.69) is 37.6 Å². The molecule has 1 saturated heterocycles. The molecule has 0 atom stereocenters. The highest BCUT2D eigenvalue weighted by Crippen LogP contribution is 2.30.